The maximum Gasteiger partial charge on any atom is 0.309 e. The molecule has 2 nitrogen and oxygen atoms in total. The highest BCUT2D eigenvalue weighted by molar-refractivity contribution is 5.74. The Hall–Kier alpha value is -0.530. The van der Waals surface area contributed by atoms with Gasteiger partial charge in [-0.05, 0) is 19.3 Å². The molecule has 0 heterocycles. The van der Waals surface area contributed by atoms with E-state index in [0.717, 1.165) is 38.5 Å². The van der Waals surface area contributed by atoms with Crippen molar-refractivity contribution in [3.05, 3.63) is 0 Å². The third-order valence-electron chi connectivity index (χ3n) is 4.65. The third-order valence-corrected chi connectivity index (χ3v) is 4.65. The van der Waals surface area contributed by atoms with Crippen molar-refractivity contribution in [1.82, 2.24) is 0 Å². The molecule has 20 heavy (non-hydrogen) atoms. The van der Waals surface area contributed by atoms with Crippen LogP contribution in [0.2, 0.25) is 0 Å². The van der Waals surface area contributed by atoms with Crippen LogP contribution < -0.4 is 0 Å². The smallest absolute Gasteiger partial charge is 0.309 e. The van der Waals surface area contributed by atoms with Gasteiger partial charge in [0.25, 0.3) is 0 Å². The molecule has 1 unspecified atom stereocenters. The average molecular weight is 284 g/mol. The van der Waals surface area contributed by atoms with Crippen LogP contribution in [0.1, 0.15) is 104 Å². The van der Waals surface area contributed by atoms with Gasteiger partial charge in [0.1, 0.15) is 0 Å². The molecule has 2 heteroatoms. The van der Waals surface area contributed by atoms with Crippen molar-refractivity contribution in [2.24, 2.45) is 5.41 Å². The first-order valence-corrected chi connectivity index (χ1v) is 8.86. The van der Waals surface area contributed by atoms with Crippen molar-refractivity contribution in [3.8, 4) is 0 Å². The van der Waals surface area contributed by atoms with E-state index in [0.29, 0.717) is 0 Å². The summed E-state index contributed by atoms with van der Waals surface area (Å²) < 4.78 is 0. The Kier molecular flexibility index (Phi) is 11.9. The van der Waals surface area contributed by atoms with Gasteiger partial charge in [-0.3, -0.25) is 4.79 Å². The molecule has 120 valence electrons. The van der Waals surface area contributed by atoms with Crippen LogP contribution in [0.5, 0.6) is 0 Å². The molecule has 0 radical (unpaired) electrons. The maximum atomic E-state index is 11.6. The quantitative estimate of drug-likeness (QED) is 0.386. The first kappa shape index (κ1) is 19.5. The van der Waals surface area contributed by atoms with Crippen molar-refractivity contribution in [2.45, 2.75) is 104 Å². The molecule has 0 bridgehead atoms. The van der Waals surface area contributed by atoms with E-state index in [2.05, 4.69) is 13.8 Å². The highest BCUT2D eigenvalue weighted by Gasteiger charge is 2.35. The van der Waals surface area contributed by atoms with Crippen molar-refractivity contribution < 1.29 is 9.90 Å². The van der Waals surface area contributed by atoms with Gasteiger partial charge in [-0.15, -0.1) is 0 Å². The molecule has 1 atom stereocenters. The Bertz CT molecular complexity index is 238. The van der Waals surface area contributed by atoms with E-state index in [1.54, 1.807) is 0 Å². The van der Waals surface area contributed by atoms with E-state index in [-0.39, 0.29) is 0 Å². The Morgan fingerprint density at radius 3 is 1.65 bits per heavy atom. The number of aliphatic carboxylic acids is 1. The summed E-state index contributed by atoms with van der Waals surface area (Å²) in [6.45, 7) is 6.42. The molecule has 0 saturated heterocycles. The third kappa shape index (κ3) is 7.91. The predicted octanol–water partition coefficient (Wildman–Crippen LogP) is 6.19. The van der Waals surface area contributed by atoms with Crippen LogP contribution in [0, 0.1) is 5.41 Å². The largest absolute Gasteiger partial charge is 0.481 e. The fourth-order valence-electron chi connectivity index (χ4n) is 2.96. The fraction of sp³-hybridized carbons (Fsp3) is 0.944. The van der Waals surface area contributed by atoms with Crippen molar-refractivity contribution in [3.63, 3.8) is 0 Å². The summed E-state index contributed by atoms with van der Waals surface area (Å²) in [5, 5.41) is 9.55. The zero-order valence-corrected chi connectivity index (χ0v) is 14.0. The standard InChI is InChI=1S/C18H36O2/c1-4-7-9-10-11-12-13-14-16-18(6-3,17(19)20)15-8-5-2/h4-16H2,1-3H3,(H,19,20). The van der Waals surface area contributed by atoms with Crippen molar-refractivity contribution in [2.75, 3.05) is 0 Å². The van der Waals surface area contributed by atoms with Gasteiger partial charge in [0, 0.05) is 0 Å². The Balaban J connectivity index is 3.87. The molecule has 0 aliphatic rings. The predicted molar refractivity (Wildman–Crippen MR) is 87.1 cm³/mol. The summed E-state index contributed by atoms with van der Waals surface area (Å²) in [6.07, 6.45) is 14.9. The lowest BCUT2D eigenvalue weighted by atomic mass is 9.76. The first-order chi connectivity index (χ1) is 9.63. The van der Waals surface area contributed by atoms with Crippen LogP contribution in [-0.4, -0.2) is 11.1 Å². The van der Waals surface area contributed by atoms with Crippen LogP contribution in [0.4, 0.5) is 0 Å². The highest BCUT2D eigenvalue weighted by atomic mass is 16.4. The second-order valence-electron chi connectivity index (χ2n) is 6.27. The Morgan fingerprint density at radius 2 is 1.20 bits per heavy atom. The molecule has 0 amide bonds. The summed E-state index contributed by atoms with van der Waals surface area (Å²) in [7, 11) is 0. The van der Waals surface area contributed by atoms with E-state index in [9.17, 15) is 9.90 Å². The topological polar surface area (TPSA) is 37.3 Å². The molecule has 0 aliphatic carbocycles. The fourth-order valence-corrected chi connectivity index (χ4v) is 2.96. The van der Waals surface area contributed by atoms with Crippen molar-refractivity contribution >= 4 is 5.97 Å². The minimum atomic E-state index is -0.573. The second-order valence-corrected chi connectivity index (χ2v) is 6.27. The summed E-state index contributed by atoms with van der Waals surface area (Å²) in [4.78, 5) is 11.6. The Labute approximate surface area is 126 Å². The molecule has 0 aromatic heterocycles. The van der Waals surface area contributed by atoms with Gasteiger partial charge in [0.05, 0.1) is 5.41 Å². The lowest BCUT2D eigenvalue weighted by Gasteiger charge is -2.28. The van der Waals surface area contributed by atoms with Gasteiger partial charge >= 0.3 is 5.97 Å². The van der Waals surface area contributed by atoms with Gasteiger partial charge in [0.15, 0.2) is 0 Å². The number of carbonyl (C=O) groups is 1. The molecule has 1 N–H and O–H groups in total. The van der Waals surface area contributed by atoms with Crippen LogP contribution in [0.15, 0.2) is 0 Å². The zero-order valence-electron chi connectivity index (χ0n) is 14.0. The van der Waals surface area contributed by atoms with Gasteiger partial charge in [-0.25, -0.2) is 0 Å². The number of rotatable bonds is 14. The molecule has 0 spiro atoms. The van der Waals surface area contributed by atoms with Gasteiger partial charge in [0.2, 0.25) is 0 Å². The van der Waals surface area contributed by atoms with Gasteiger partial charge in [-0.2, -0.15) is 0 Å². The van der Waals surface area contributed by atoms with E-state index < -0.39 is 11.4 Å². The SMILES string of the molecule is CCCCCCCCCCC(CC)(CCCC)C(=O)O. The summed E-state index contributed by atoms with van der Waals surface area (Å²) in [5.74, 6) is -0.573. The van der Waals surface area contributed by atoms with Crippen molar-refractivity contribution in [1.29, 1.82) is 0 Å². The summed E-state index contributed by atoms with van der Waals surface area (Å²) in [6, 6.07) is 0. The lowest BCUT2D eigenvalue weighted by Crippen LogP contribution is -2.30. The molecular weight excluding hydrogens is 248 g/mol. The zero-order chi connectivity index (χ0) is 15.3. The second kappa shape index (κ2) is 12.2. The van der Waals surface area contributed by atoms with Gasteiger partial charge < -0.3 is 5.11 Å². The van der Waals surface area contributed by atoms with E-state index in [4.69, 9.17) is 0 Å². The van der Waals surface area contributed by atoms with E-state index >= 15 is 0 Å². The number of hydrogen-bond acceptors (Lipinski definition) is 1. The molecule has 0 saturated carbocycles. The van der Waals surface area contributed by atoms with Gasteiger partial charge in [-0.1, -0.05) is 85.0 Å². The molecule has 0 aromatic carbocycles. The molecule has 0 rings (SSSR count). The molecule has 0 fully saturated rings. The van der Waals surface area contributed by atoms with Crippen LogP contribution in [0.3, 0.4) is 0 Å². The number of carboxylic acids is 1. The monoisotopic (exact) mass is 284 g/mol. The molecule has 0 aliphatic heterocycles. The summed E-state index contributed by atoms with van der Waals surface area (Å²) >= 11 is 0. The number of unbranched alkanes of at least 4 members (excludes halogenated alkanes) is 8. The van der Waals surface area contributed by atoms with Crippen LogP contribution in [-0.2, 0) is 4.79 Å². The van der Waals surface area contributed by atoms with Crippen LogP contribution >= 0.6 is 0 Å². The minimum absolute atomic E-state index is 0.446. The first-order valence-electron chi connectivity index (χ1n) is 8.86. The van der Waals surface area contributed by atoms with E-state index in [1.165, 1.54) is 44.9 Å². The molecular formula is C18H36O2. The minimum Gasteiger partial charge on any atom is -0.481 e. The number of hydrogen-bond donors (Lipinski definition) is 1. The summed E-state index contributed by atoms with van der Waals surface area (Å²) in [5.41, 5.74) is -0.446. The van der Waals surface area contributed by atoms with Crippen LogP contribution in [0.25, 0.3) is 0 Å². The maximum absolute atomic E-state index is 11.6. The average Bonchev–Trinajstić information content (AvgIpc) is 2.45. The Morgan fingerprint density at radius 1 is 0.750 bits per heavy atom. The van der Waals surface area contributed by atoms with E-state index in [1.807, 2.05) is 6.92 Å². The molecule has 0 aromatic rings. The highest BCUT2D eigenvalue weighted by Crippen LogP contribution is 2.35. The lowest BCUT2D eigenvalue weighted by molar-refractivity contribution is -0.150. The number of carboxylic acid groups (broad SMARTS) is 1. The normalized spacial score (nSPS) is 14.2.